The third kappa shape index (κ3) is 6.59. The summed E-state index contributed by atoms with van der Waals surface area (Å²) < 4.78 is 15.7. The summed E-state index contributed by atoms with van der Waals surface area (Å²) in [5.41, 5.74) is 1.68. The van der Waals surface area contributed by atoms with Crippen LogP contribution in [0.5, 0.6) is 11.5 Å². The maximum absolute atomic E-state index is 12.4. The van der Waals surface area contributed by atoms with E-state index in [1.807, 2.05) is 0 Å². The van der Waals surface area contributed by atoms with E-state index in [2.05, 4.69) is 10.3 Å². The summed E-state index contributed by atoms with van der Waals surface area (Å²) in [7, 11) is 0. The molecule has 1 aliphatic heterocycles. The normalized spacial score (nSPS) is 15.4. The molecule has 0 unspecified atom stereocenters. The van der Waals surface area contributed by atoms with Crippen LogP contribution in [-0.4, -0.2) is 47.9 Å². The highest BCUT2D eigenvalue weighted by atomic mass is 32.2. The maximum Gasteiger partial charge on any atom is 0.341 e. The number of hydrogen-bond acceptors (Lipinski definition) is 8. The van der Waals surface area contributed by atoms with Gasteiger partial charge in [-0.05, 0) is 73.6 Å². The Morgan fingerprint density at radius 2 is 1.82 bits per heavy atom. The molecule has 1 fully saturated rings. The molecule has 33 heavy (non-hydrogen) atoms. The number of carboxylic acids is 1. The number of benzene rings is 2. The predicted octanol–water partition coefficient (Wildman–Crippen LogP) is 3.62. The molecule has 10 heteroatoms. The molecule has 2 aromatic carbocycles. The molecule has 172 valence electrons. The zero-order valence-electron chi connectivity index (χ0n) is 18.0. The largest absolute Gasteiger partial charge is 0.490 e. The Morgan fingerprint density at radius 1 is 1.06 bits per heavy atom. The fourth-order valence-electron chi connectivity index (χ4n) is 2.78. The Morgan fingerprint density at radius 3 is 2.48 bits per heavy atom. The molecule has 9 nitrogen and oxygen atoms in total. The van der Waals surface area contributed by atoms with Crippen LogP contribution in [0.25, 0.3) is 6.08 Å². The summed E-state index contributed by atoms with van der Waals surface area (Å²) in [6, 6.07) is 11.5. The van der Waals surface area contributed by atoms with Gasteiger partial charge in [0, 0.05) is 0 Å². The molecule has 0 aliphatic carbocycles. The van der Waals surface area contributed by atoms with E-state index in [0.717, 1.165) is 0 Å². The molecule has 1 saturated heterocycles. The average Bonchev–Trinajstić information content (AvgIpc) is 3.12. The van der Waals surface area contributed by atoms with Gasteiger partial charge in [0.1, 0.15) is 0 Å². The topological polar surface area (TPSA) is 124 Å². The Kier molecular flexibility index (Phi) is 8.09. The van der Waals surface area contributed by atoms with Crippen molar-refractivity contribution in [3.05, 3.63) is 58.5 Å². The molecule has 1 amide bonds. The number of aliphatic carboxylic acids is 1. The van der Waals surface area contributed by atoms with Gasteiger partial charge in [0.2, 0.25) is 0 Å². The van der Waals surface area contributed by atoms with Crippen LogP contribution in [0.1, 0.15) is 29.8 Å². The van der Waals surface area contributed by atoms with Gasteiger partial charge in [0.15, 0.2) is 23.3 Å². The second-order valence-electron chi connectivity index (χ2n) is 6.57. The second kappa shape index (κ2) is 11.2. The Labute approximate surface area is 194 Å². The van der Waals surface area contributed by atoms with Crippen LogP contribution in [0.2, 0.25) is 0 Å². The van der Waals surface area contributed by atoms with Crippen molar-refractivity contribution in [2.24, 2.45) is 4.99 Å². The van der Waals surface area contributed by atoms with Crippen molar-refractivity contribution in [3.63, 3.8) is 0 Å². The number of nitrogens with zero attached hydrogens (tertiary/aromatic N) is 1. The number of carbonyl (C=O) groups excluding carboxylic acids is 2. The van der Waals surface area contributed by atoms with Crippen molar-refractivity contribution in [1.82, 2.24) is 5.32 Å². The molecule has 0 bridgehead atoms. The number of ether oxygens (including phenoxy) is 3. The van der Waals surface area contributed by atoms with Crippen molar-refractivity contribution in [2.75, 3.05) is 19.8 Å². The van der Waals surface area contributed by atoms with Gasteiger partial charge < -0.3 is 24.6 Å². The molecule has 0 spiro atoms. The number of carbonyl (C=O) groups is 3. The van der Waals surface area contributed by atoms with Gasteiger partial charge in [-0.3, -0.25) is 4.79 Å². The average molecular weight is 471 g/mol. The summed E-state index contributed by atoms with van der Waals surface area (Å²) in [5, 5.41) is 11.9. The van der Waals surface area contributed by atoms with Crippen molar-refractivity contribution in [3.8, 4) is 11.5 Å². The highest BCUT2D eigenvalue weighted by Crippen LogP contribution is 2.32. The van der Waals surface area contributed by atoms with Gasteiger partial charge in [-0.15, -0.1) is 0 Å². The number of esters is 1. The highest BCUT2D eigenvalue weighted by molar-refractivity contribution is 8.18. The lowest BCUT2D eigenvalue weighted by atomic mass is 10.2. The molecule has 1 heterocycles. The molecule has 0 aromatic heterocycles. The van der Waals surface area contributed by atoms with Crippen LogP contribution < -0.4 is 14.8 Å². The lowest BCUT2D eigenvalue weighted by Crippen LogP contribution is -2.19. The molecular formula is C23H22N2O7S. The summed E-state index contributed by atoms with van der Waals surface area (Å²) in [4.78, 5) is 39.7. The van der Waals surface area contributed by atoms with Gasteiger partial charge in [0.25, 0.3) is 5.91 Å². The highest BCUT2D eigenvalue weighted by Gasteiger charge is 2.24. The maximum atomic E-state index is 12.4. The number of thioether (sulfide) groups is 1. The second-order valence-corrected chi connectivity index (χ2v) is 7.60. The van der Waals surface area contributed by atoms with Crippen LogP contribution in [0.3, 0.4) is 0 Å². The molecule has 0 saturated carbocycles. The van der Waals surface area contributed by atoms with Crippen molar-refractivity contribution < 1.29 is 33.7 Å². The first kappa shape index (κ1) is 23.9. The van der Waals surface area contributed by atoms with E-state index in [1.165, 1.54) is 11.8 Å². The third-order valence-electron chi connectivity index (χ3n) is 4.18. The number of amides is 1. The molecule has 0 radical (unpaired) electrons. The summed E-state index contributed by atoms with van der Waals surface area (Å²) >= 11 is 1.17. The summed E-state index contributed by atoms with van der Waals surface area (Å²) in [6.07, 6.45) is 1.68. The van der Waals surface area contributed by atoms with Crippen LogP contribution in [0, 0.1) is 0 Å². The minimum absolute atomic E-state index is 0.296. The van der Waals surface area contributed by atoms with E-state index in [9.17, 15) is 14.4 Å². The van der Waals surface area contributed by atoms with Gasteiger partial charge in [-0.1, -0.05) is 6.07 Å². The first-order chi connectivity index (χ1) is 15.9. The minimum atomic E-state index is -1.09. The third-order valence-corrected chi connectivity index (χ3v) is 5.09. The molecule has 3 rings (SSSR count). The minimum Gasteiger partial charge on any atom is -0.490 e. The number of rotatable bonds is 9. The van der Waals surface area contributed by atoms with Gasteiger partial charge >= 0.3 is 11.9 Å². The van der Waals surface area contributed by atoms with Crippen molar-refractivity contribution >= 4 is 46.5 Å². The van der Waals surface area contributed by atoms with Gasteiger partial charge in [-0.2, -0.15) is 0 Å². The number of amidine groups is 1. The van der Waals surface area contributed by atoms with Gasteiger partial charge in [-0.25, -0.2) is 14.6 Å². The fraction of sp³-hybridized carbons (Fsp3) is 0.217. The SMILES string of the molecule is CCOC(=O)c1ccc(N=C2NC(=O)/C(=C\c3ccc(OCC(=O)O)c(OCC)c3)S2)cc1. The lowest BCUT2D eigenvalue weighted by molar-refractivity contribution is -0.139. The monoisotopic (exact) mass is 470 g/mol. The van der Waals surface area contributed by atoms with E-state index in [-0.39, 0.29) is 5.91 Å². The standard InChI is InChI=1S/C23H22N2O7S/c1-3-30-18-11-14(5-10-17(18)32-13-20(26)27)12-19-21(28)25-23(33-19)24-16-8-6-15(7-9-16)22(29)31-4-2/h5-12H,3-4,13H2,1-2H3,(H,26,27)(H,24,25,28)/b19-12+. The van der Waals surface area contributed by atoms with E-state index in [0.29, 0.717) is 51.6 Å². The quantitative estimate of drug-likeness (QED) is 0.421. The van der Waals surface area contributed by atoms with Gasteiger partial charge in [0.05, 0.1) is 29.4 Å². The first-order valence-electron chi connectivity index (χ1n) is 10.1. The van der Waals surface area contributed by atoms with Crippen LogP contribution >= 0.6 is 11.8 Å². The molecular weight excluding hydrogens is 448 g/mol. The zero-order chi connectivity index (χ0) is 23.8. The molecule has 1 aliphatic rings. The lowest BCUT2D eigenvalue weighted by Gasteiger charge is -2.11. The van der Waals surface area contributed by atoms with E-state index in [4.69, 9.17) is 19.3 Å². The number of aliphatic imine (C=N–C) groups is 1. The Hall–Kier alpha value is -3.79. The van der Waals surface area contributed by atoms with Crippen LogP contribution in [0.15, 0.2) is 52.4 Å². The number of hydrogen-bond donors (Lipinski definition) is 2. The van der Waals surface area contributed by atoms with E-state index in [1.54, 1.807) is 62.4 Å². The number of carboxylic acid groups (broad SMARTS) is 1. The molecule has 2 aromatic rings. The predicted molar refractivity (Wildman–Crippen MR) is 124 cm³/mol. The summed E-state index contributed by atoms with van der Waals surface area (Å²) in [6.45, 7) is 3.71. The first-order valence-corrected chi connectivity index (χ1v) is 10.9. The fourth-order valence-corrected chi connectivity index (χ4v) is 3.62. The van der Waals surface area contributed by atoms with Crippen LogP contribution in [-0.2, 0) is 14.3 Å². The smallest absolute Gasteiger partial charge is 0.341 e. The van der Waals surface area contributed by atoms with E-state index < -0.39 is 18.5 Å². The Bertz CT molecular complexity index is 1110. The zero-order valence-corrected chi connectivity index (χ0v) is 18.8. The summed E-state index contributed by atoms with van der Waals surface area (Å²) in [5.74, 6) is -1.11. The van der Waals surface area contributed by atoms with Crippen molar-refractivity contribution in [2.45, 2.75) is 13.8 Å². The molecule has 2 N–H and O–H groups in total. The number of nitrogens with one attached hydrogen (secondary N) is 1. The van der Waals surface area contributed by atoms with E-state index >= 15 is 0 Å². The molecule has 0 atom stereocenters. The van der Waals surface area contributed by atoms with Crippen LogP contribution in [0.4, 0.5) is 5.69 Å². The van der Waals surface area contributed by atoms with Crippen molar-refractivity contribution in [1.29, 1.82) is 0 Å². The Balaban J connectivity index is 1.75.